The summed E-state index contributed by atoms with van der Waals surface area (Å²) < 4.78 is 26.6. The Hall–Kier alpha value is -0.980. The van der Waals surface area contributed by atoms with E-state index in [2.05, 4.69) is 10.3 Å². The van der Waals surface area contributed by atoms with Crippen LogP contribution in [0.25, 0.3) is 0 Å². The number of hydrogen-bond donors (Lipinski definition) is 1. The Labute approximate surface area is 115 Å². The average molecular weight is 283 g/mol. The first kappa shape index (κ1) is 14.4. The highest BCUT2D eigenvalue weighted by Gasteiger charge is 2.26. The molecule has 1 aliphatic heterocycles. The highest BCUT2D eigenvalue weighted by molar-refractivity contribution is 7.89. The van der Waals surface area contributed by atoms with Crippen molar-refractivity contribution >= 4 is 10.0 Å². The standard InChI is InChI=1S/C13H21N3O2S/c1-2-16(11-12-5-8-14-9-6-12)19(17,18)13-4-3-7-15-10-13/h3-4,7,10,12,14H,2,5-6,8-9,11H2,1H3. The number of sulfonamides is 1. The van der Waals surface area contributed by atoms with Gasteiger partial charge in [-0.15, -0.1) is 0 Å². The number of pyridine rings is 1. The molecule has 106 valence electrons. The van der Waals surface area contributed by atoms with Gasteiger partial charge < -0.3 is 5.32 Å². The molecule has 0 bridgehead atoms. The molecule has 19 heavy (non-hydrogen) atoms. The van der Waals surface area contributed by atoms with Gasteiger partial charge in [0, 0.05) is 25.5 Å². The molecule has 0 unspecified atom stereocenters. The van der Waals surface area contributed by atoms with E-state index in [9.17, 15) is 8.42 Å². The van der Waals surface area contributed by atoms with Gasteiger partial charge in [-0.2, -0.15) is 4.31 Å². The maximum absolute atomic E-state index is 12.5. The van der Waals surface area contributed by atoms with Crippen molar-refractivity contribution in [3.63, 3.8) is 0 Å². The lowest BCUT2D eigenvalue weighted by Crippen LogP contribution is -2.39. The van der Waals surface area contributed by atoms with E-state index >= 15 is 0 Å². The molecule has 0 spiro atoms. The number of rotatable bonds is 5. The highest BCUT2D eigenvalue weighted by Crippen LogP contribution is 2.19. The van der Waals surface area contributed by atoms with Gasteiger partial charge >= 0.3 is 0 Å². The lowest BCUT2D eigenvalue weighted by molar-refractivity contribution is 0.294. The van der Waals surface area contributed by atoms with Crippen LogP contribution in [0.15, 0.2) is 29.4 Å². The molecule has 0 saturated carbocycles. The first-order valence-corrected chi connectivity index (χ1v) is 8.19. The summed E-state index contributed by atoms with van der Waals surface area (Å²) in [4.78, 5) is 4.18. The third-order valence-electron chi connectivity index (χ3n) is 3.55. The van der Waals surface area contributed by atoms with E-state index in [1.165, 1.54) is 6.20 Å². The zero-order valence-electron chi connectivity index (χ0n) is 11.2. The van der Waals surface area contributed by atoms with Crippen molar-refractivity contribution in [2.75, 3.05) is 26.2 Å². The quantitative estimate of drug-likeness (QED) is 0.879. The number of hydrogen-bond acceptors (Lipinski definition) is 4. The van der Waals surface area contributed by atoms with Gasteiger partial charge in [0.15, 0.2) is 0 Å². The molecule has 1 fully saturated rings. The zero-order valence-corrected chi connectivity index (χ0v) is 12.1. The van der Waals surface area contributed by atoms with Gasteiger partial charge in [0.05, 0.1) is 0 Å². The number of nitrogens with zero attached hydrogens (tertiary/aromatic N) is 2. The van der Waals surface area contributed by atoms with Crippen molar-refractivity contribution in [3.05, 3.63) is 24.5 Å². The number of aromatic nitrogens is 1. The molecule has 0 radical (unpaired) electrons. The van der Waals surface area contributed by atoms with E-state index in [4.69, 9.17) is 0 Å². The molecule has 0 atom stereocenters. The van der Waals surface area contributed by atoms with Crippen molar-refractivity contribution in [1.29, 1.82) is 0 Å². The summed E-state index contributed by atoms with van der Waals surface area (Å²) in [6.45, 7) is 4.95. The van der Waals surface area contributed by atoms with Crippen LogP contribution in [0.2, 0.25) is 0 Å². The summed E-state index contributed by atoms with van der Waals surface area (Å²) in [5, 5.41) is 3.30. The van der Waals surface area contributed by atoms with E-state index in [0.717, 1.165) is 25.9 Å². The van der Waals surface area contributed by atoms with Crippen molar-refractivity contribution < 1.29 is 8.42 Å². The molecule has 0 amide bonds. The third kappa shape index (κ3) is 3.52. The second-order valence-electron chi connectivity index (χ2n) is 4.84. The molecule has 1 aromatic rings. The number of nitrogens with one attached hydrogen (secondary N) is 1. The minimum atomic E-state index is -3.40. The van der Waals surface area contributed by atoms with Crippen LogP contribution < -0.4 is 5.32 Å². The van der Waals surface area contributed by atoms with Crippen LogP contribution >= 0.6 is 0 Å². The SMILES string of the molecule is CCN(CC1CCNCC1)S(=O)(=O)c1cccnc1. The van der Waals surface area contributed by atoms with Crippen molar-refractivity contribution in [1.82, 2.24) is 14.6 Å². The third-order valence-corrected chi connectivity index (χ3v) is 5.47. The monoisotopic (exact) mass is 283 g/mol. The summed E-state index contributed by atoms with van der Waals surface area (Å²) in [6.07, 6.45) is 5.08. The largest absolute Gasteiger partial charge is 0.317 e. The van der Waals surface area contributed by atoms with E-state index < -0.39 is 10.0 Å². The van der Waals surface area contributed by atoms with Crippen LogP contribution in [0.1, 0.15) is 19.8 Å². The van der Waals surface area contributed by atoms with E-state index in [0.29, 0.717) is 19.0 Å². The molecule has 1 N–H and O–H groups in total. The molecule has 0 aromatic carbocycles. The van der Waals surface area contributed by atoms with Gasteiger partial charge in [0.2, 0.25) is 10.0 Å². The van der Waals surface area contributed by atoms with Crippen LogP contribution in [0.3, 0.4) is 0 Å². The smallest absolute Gasteiger partial charge is 0.244 e. The fourth-order valence-electron chi connectivity index (χ4n) is 2.40. The second-order valence-corrected chi connectivity index (χ2v) is 6.78. The first-order chi connectivity index (χ1) is 9.14. The summed E-state index contributed by atoms with van der Waals surface area (Å²) in [6, 6.07) is 3.26. The predicted octanol–water partition coefficient (Wildman–Crippen LogP) is 1.09. The summed E-state index contributed by atoms with van der Waals surface area (Å²) >= 11 is 0. The zero-order chi connectivity index (χ0) is 13.7. The molecule has 1 aliphatic rings. The fourth-order valence-corrected chi connectivity index (χ4v) is 3.89. The van der Waals surface area contributed by atoms with Crippen molar-refractivity contribution in [2.24, 2.45) is 5.92 Å². The molecule has 2 heterocycles. The van der Waals surface area contributed by atoms with Crippen LogP contribution in [0.4, 0.5) is 0 Å². The minimum absolute atomic E-state index is 0.283. The van der Waals surface area contributed by atoms with E-state index in [-0.39, 0.29) is 4.90 Å². The maximum atomic E-state index is 12.5. The molecule has 5 nitrogen and oxygen atoms in total. The van der Waals surface area contributed by atoms with Gasteiger partial charge in [-0.25, -0.2) is 8.42 Å². The summed E-state index contributed by atoms with van der Waals surface area (Å²) in [5.74, 6) is 0.452. The van der Waals surface area contributed by atoms with Gasteiger partial charge in [-0.1, -0.05) is 6.92 Å². The Balaban J connectivity index is 2.12. The summed E-state index contributed by atoms with van der Waals surface area (Å²) in [7, 11) is -3.40. The first-order valence-electron chi connectivity index (χ1n) is 6.75. The average Bonchev–Trinajstić information content (AvgIpc) is 2.46. The van der Waals surface area contributed by atoms with Crippen LogP contribution in [0.5, 0.6) is 0 Å². The Morgan fingerprint density at radius 3 is 2.74 bits per heavy atom. The second kappa shape index (κ2) is 6.45. The molecule has 1 aromatic heterocycles. The Kier molecular flexibility index (Phi) is 4.90. The Bertz CT molecular complexity index is 484. The van der Waals surface area contributed by atoms with Gasteiger partial charge in [0.25, 0.3) is 0 Å². The molecule has 6 heteroatoms. The maximum Gasteiger partial charge on any atom is 0.244 e. The van der Waals surface area contributed by atoms with Gasteiger partial charge in [0.1, 0.15) is 4.90 Å². The number of piperidine rings is 1. The lowest BCUT2D eigenvalue weighted by atomic mass is 9.98. The highest BCUT2D eigenvalue weighted by atomic mass is 32.2. The fraction of sp³-hybridized carbons (Fsp3) is 0.615. The predicted molar refractivity (Wildman–Crippen MR) is 74.3 cm³/mol. The minimum Gasteiger partial charge on any atom is -0.317 e. The van der Waals surface area contributed by atoms with Crippen molar-refractivity contribution in [2.45, 2.75) is 24.7 Å². The molecular formula is C13H21N3O2S. The van der Waals surface area contributed by atoms with E-state index in [1.54, 1.807) is 22.6 Å². The van der Waals surface area contributed by atoms with E-state index in [1.807, 2.05) is 6.92 Å². The van der Waals surface area contributed by atoms with Crippen LogP contribution in [-0.4, -0.2) is 43.9 Å². The molecule has 1 saturated heterocycles. The Morgan fingerprint density at radius 1 is 1.42 bits per heavy atom. The van der Waals surface area contributed by atoms with Gasteiger partial charge in [-0.05, 0) is 44.0 Å². The Morgan fingerprint density at radius 2 is 2.16 bits per heavy atom. The normalized spacial score (nSPS) is 17.8. The van der Waals surface area contributed by atoms with Crippen LogP contribution in [0, 0.1) is 5.92 Å². The summed E-state index contributed by atoms with van der Waals surface area (Å²) in [5.41, 5.74) is 0. The van der Waals surface area contributed by atoms with Gasteiger partial charge in [-0.3, -0.25) is 4.98 Å². The van der Waals surface area contributed by atoms with Crippen LogP contribution in [-0.2, 0) is 10.0 Å². The molecule has 2 rings (SSSR count). The molecular weight excluding hydrogens is 262 g/mol. The lowest BCUT2D eigenvalue weighted by Gasteiger charge is -2.28. The topological polar surface area (TPSA) is 62.3 Å². The molecule has 0 aliphatic carbocycles. The van der Waals surface area contributed by atoms with Crippen molar-refractivity contribution in [3.8, 4) is 0 Å².